The average molecular weight is 280 g/mol. The van der Waals surface area contributed by atoms with Crippen LogP contribution in [0.1, 0.15) is 30.7 Å². The van der Waals surface area contributed by atoms with Crippen molar-refractivity contribution in [2.75, 3.05) is 13.1 Å². The molecule has 0 aromatic heterocycles. The molecule has 1 N–H and O–H groups in total. The minimum absolute atomic E-state index is 0.745. The topological polar surface area (TPSA) is 12.0 Å². The van der Waals surface area contributed by atoms with Gasteiger partial charge < -0.3 is 5.32 Å². The van der Waals surface area contributed by atoms with Crippen molar-refractivity contribution in [1.82, 2.24) is 5.32 Å². The molecule has 86 valence electrons. The number of nitrogens with one attached hydrogen (secondary N) is 1. The maximum absolute atomic E-state index is 3.55. The normalized spacial score (nSPS) is 30.3. The monoisotopic (exact) mass is 279 g/mol. The van der Waals surface area contributed by atoms with Gasteiger partial charge in [-0.3, -0.25) is 0 Å². The van der Waals surface area contributed by atoms with E-state index in [1.807, 2.05) is 0 Å². The number of hydrogen-bond donors (Lipinski definition) is 1. The summed E-state index contributed by atoms with van der Waals surface area (Å²) in [6, 6.07) is 8.93. The second kappa shape index (κ2) is 4.50. The van der Waals surface area contributed by atoms with Crippen molar-refractivity contribution >= 4 is 15.9 Å². The van der Waals surface area contributed by atoms with Crippen LogP contribution in [-0.4, -0.2) is 13.1 Å². The quantitative estimate of drug-likeness (QED) is 0.873. The molecule has 0 radical (unpaired) electrons. The molecule has 1 aromatic carbocycles. The molecule has 0 amide bonds. The first kappa shape index (κ1) is 10.8. The lowest BCUT2D eigenvalue weighted by atomic mass is 9.78. The van der Waals surface area contributed by atoms with Crippen molar-refractivity contribution in [3.8, 4) is 0 Å². The Bertz CT molecular complexity index is 356. The molecule has 2 atom stereocenters. The van der Waals surface area contributed by atoms with Crippen LogP contribution in [0.4, 0.5) is 0 Å². The van der Waals surface area contributed by atoms with Gasteiger partial charge >= 0.3 is 0 Å². The maximum atomic E-state index is 3.55. The van der Waals surface area contributed by atoms with Crippen molar-refractivity contribution in [1.29, 1.82) is 0 Å². The first-order chi connectivity index (χ1) is 7.84. The predicted octanol–water partition coefficient (Wildman–Crippen LogP) is 3.55. The van der Waals surface area contributed by atoms with Crippen molar-refractivity contribution in [2.45, 2.75) is 25.2 Å². The molecule has 1 aliphatic carbocycles. The fourth-order valence-corrected chi connectivity index (χ4v) is 3.31. The highest BCUT2D eigenvalue weighted by molar-refractivity contribution is 9.10. The SMILES string of the molecule is Brc1ccc(C2CNCCC2C2CC2)cc1. The summed E-state index contributed by atoms with van der Waals surface area (Å²) < 4.78 is 1.18. The molecule has 1 heterocycles. The zero-order valence-electron chi connectivity index (χ0n) is 9.45. The molecular weight excluding hydrogens is 262 g/mol. The summed E-state index contributed by atoms with van der Waals surface area (Å²) in [4.78, 5) is 0. The Kier molecular flexibility index (Phi) is 3.03. The van der Waals surface area contributed by atoms with Crippen molar-refractivity contribution < 1.29 is 0 Å². The molecule has 2 heteroatoms. The third kappa shape index (κ3) is 2.18. The molecule has 2 fully saturated rings. The highest BCUT2D eigenvalue weighted by atomic mass is 79.9. The van der Waals surface area contributed by atoms with Crippen LogP contribution in [0.2, 0.25) is 0 Å². The molecule has 1 saturated carbocycles. The maximum Gasteiger partial charge on any atom is 0.0175 e. The minimum Gasteiger partial charge on any atom is -0.316 e. The van der Waals surface area contributed by atoms with E-state index in [2.05, 4.69) is 45.5 Å². The highest BCUT2D eigenvalue weighted by Gasteiger charge is 2.38. The number of benzene rings is 1. The van der Waals surface area contributed by atoms with Crippen LogP contribution in [0.25, 0.3) is 0 Å². The van der Waals surface area contributed by atoms with Gasteiger partial charge in [0.2, 0.25) is 0 Å². The Balaban J connectivity index is 1.82. The molecule has 1 saturated heterocycles. The number of hydrogen-bond acceptors (Lipinski definition) is 1. The van der Waals surface area contributed by atoms with Crippen molar-refractivity contribution in [3.05, 3.63) is 34.3 Å². The molecule has 1 nitrogen and oxygen atoms in total. The summed E-state index contributed by atoms with van der Waals surface area (Å²) in [5.41, 5.74) is 1.52. The van der Waals surface area contributed by atoms with Gasteiger partial charge in [0, 0.05) is 11.0 Å². The molecular formula is C14H18BrN. The molecule has 1 aliphatic heterocycles. The lowest BCUT2D eigenvalue weighted by molar-refractivity contribution is 0.291. The van der Waals surface area contributed by atoms with E-state index in [0.29, 0.717) is 0 Å². The van der Waals surface area contributed by atoms with Gasteiger partial charge in [-0.05, 0) is 61.3 Å². The zero-order valence-corrected chi connectivity index (χ0v) is 11.0. The van der Waals surface area contributed by atoms with Crippen molar-refractivity contribution in [3.63, 3.8) is 0 Å². The molecule has 16 heavy (non-hydrogen) atoms. The zero-order chi connectivity index (χ0) is 11.0. The third-order valence-electron chi connectivity index (χ3n) is 4.06. The van der Waals surface area contributed by atoms with Gasteiger partial charge in [0.05, 0.1) is 0 Å². The van der Waals surface area contributed by atoms with Crippen LogP contribution >= 0.6 is 15.9 Å². The third-order valence-corrected chi connectivity index (χ3v) is 4.59. The molecule has 2 aliphatic rings. The smallest absolute Gasteiger partial charge is 0.0175 e. The Morgan fingerprint density at radius 1 is 1.06 bits per heavy atom. The molecule has 1 aromatic rings. The van der Waals surface area contributed by atoms with E-state index in [1.54, 1.807) is 0 Å². The van der Waals surface area contributed by atoms with Gasteiger partial charge in [-0.25, -0.2) is 0 Å². The van der Waals surface area contributed by atoms with Gasteiger partial charge in [-0.2, -0.15) is 0 Å². The highest BCUT2D eigenvalue weighted by Crippen LogP contribution is 2.46. The van der Waals surface area contributed by atoms with Gasteiger partial charge in [-0.1, -0.05) is 28.1 Å². The fourth-order valence-electron chi connectivity index (χ4n) is 3.04. The van der Waals surface area contributed by atoms with Gasteiger partial charge in [-0.15, -0.1) is 0 Å². The predicted molar refractivity (Wildman–Crippen MR) is 70.6 cm³/mol. The van der Waals surface area contributed by atoms with Crippen molar-refractivity contribution in [2.24, 2.45) is 11.8 Å². The lowest BCUT2D eigenvalue weighted by Crippen LogP contribution is -2.36. The van der Waals surface area contributed by atoms with E-state index in [-0.39, 0.29) is 0 Å². The Morgan fingerprint density at radius 2 is 1.81 bits per heavy atom. The summed E-state index contributed by atoms with van der Waals surface area (Å²) >= 11 is 3.51. The van der Waals surface area contributed by atoms with Crippen LogP contribution in [0.5, 0.6) is 0 Å². The van der Waals surface area contributed by atoms with Gasteiger partial charge in [0.1, 0.15) is 0 Å². The summed E-state index contributed by atoms with van der Waals surface area (Å²) in [7, 11) is 0. The van der Waals surface area contributed by atoms with Gasteiger partial charge in [0.25, 0.3) is 0 Å². The number of halogens is 1. The summed E-state index contributed by atoms with van der Waals surface area (Å²) in [5, 5.41) is 3.55. The van der Waals surface area contributed by atoms with Crippen LogP contribution in [0.15, 0.2) is 28.7 Å². The standard InChI is InChI=1S/C14H18BrN/c15-12-5-3-11(4-6-12)14-9-16-8-7-13(14)10-1-2-10/h3-6,10,13-14,16H,1-2,7-9H2. The molecule has 0 spiro atoms. The van der Waals surface area contributed by atoms with Crippen LogP contribution in [0, 0.1) is 11.8 Å². The Labute approximate surface area is 106 Å². The largest absolute Gasteiger partial charge is 0.316 e. The van der Waals surface area contributed by atoms with Crippen LogP contribution in [-0.2, 0) is 0 Å². The molecule has 2 unspecified atom stereocenters. The molecule has 3 rings (SSSR count). The fraction of sp³-hybridized carbons (Fsp3) is 0.571. The summed E-state index contributed by atoms with van der Waals surface area (Å²) in [5.74, 6) is 2.70. The minimum atomic E-state index is 0.745. The Hall–Kier alpha value is -0.340. The van der Waals surface area contributed by atoms with E-state index in [4.69, 9.17) is 0 Å². The first-order valence-electron chi connectivity index (χ1n) is 6.31. The van der Waals surface area contributed by atoms with Crippen LogP contribution in [0.3, 0.4) is 0 Å². The van der Waals surface area contributed by atoms with Crippen LogP contribution < -0.4 is 5.32 Å². The summed E-state index contributed by atoms with van der Waals surface area (Å²) in [6.45, 7) is 2.39. The second-order valence-electron chi connectivity index (χ2n) is 5.15. The van der Waals surface area contributed by atoms with E-state index >= 15 is 0 Å². The number of piperidine rings is 1. The molecule has 0 bridgehead atoms. The van der Waals surface area contributed by atoms with E-state index in [9.17, 15) is 0 Å². The lowest BCUT2D eigenvalue weighted by Gasteiger charge is -2.32. The number of rotatable bonds is 2. The van der Waals surface area contributed by atoms with Gasteiger partial charge in [0.15, 0.2) is 0 Å². The van der Waals surface area contributed by atoms with E-state index in [0.717, 1.165) is 17.8 Å². The first-order valence-corrected chi connectivity index (χ1v) is 7.10. The second-order valence-corrected chi connectivity index (χ2v) is 6.07. The van der Waals surface area contributed by atoms with E-state index in [1.165, 1.54) is 42.4 Å². The van der Waals surface area contributed by atoms with E-state index < -0.39 is 0 Å². The Morgan fingerprint density at radius 3 is 2.50 bits per heavy atom. The summed E-state index contributed by atoms with van der Waals surface area (Å²) in [6.07, 6.45) is 4.31. The average Bonchev–Trinajstić information content (AvgIpc) is 3.14.